The summed E-state index contributed by atoms with van der Waals surface area (Å²) in [7, 11) is 0.516. The predicted octanol–water partition coefficient (Wildman–Crippen LogP) is 6.66. The van der Waals surface area contributed by atoms with Crippen molar-refractivity contribution in [2.24, 2.45) is 5.92 Å². The minimum absolute atomic E-state index is 0.246. The predicted molar refractivity (Wildman–Crippen MR) is 198 cm³/mol. The third-order valence-corrected chi connectivity index (χ3v) is 10.4. The van der Waals surface area contributed by atoms with Crippen LogP contribution in [-0.2, 0) is 22.3 Å². The summed E-state index contributed by atoms with van der Waals surface area (Å²) < 4.78 is 34.7. The zero-order valence-corrected chi connectivity index (χ0v) is 29.8. The number of hydrogen-bond donors (Lipinski definition) is 2. The molecule has 3 aromatic carbocycles. The van der Waals surface area contributed by atoms with Gasteiger partial charge in [-0.1, -0.05) is 54.1 Å². The van der Waals surface area contributed by atoms with Gasteiger partial charge >= 0.3 is 6.09 Å². The van der Waals surface area contributed by atoms with Crippen LogP contribution in [0, 0.1) is 11.7 Å². The number of ether oxygens (including phenoxy) is 1. The van der Waals surface area contributed by atoms with E-state index >= 15 is 4.39 Å². The van der Waals surface area contributed by atoms with Crippen molar-refractivity contribution in [3.63, 3.8) is 0 Å². The Morgan fingerprint density at radius 1 is 1.00 bits per heavy atom. The Balaban J connectivity index is 0.977. The van der Waals surface area contributed by atoms with Gasteiger partial charge in [0, 0.05) is 64.8 Å². The van der Waals surface area contributed by atoms with Gasteiger partial charge in [0.2, 0.25) is 5.95 Å². The van der Waals surface area contributed by atoms with Gasteiger partial charge in [-0.05, 0) is 54.7 Å². The van der Waals surface area contributed by atoms with Crippen molar-refractivity contribution in [2.75, 3.05) is 79.0 Å². The third kappa shape index (κ3) is 9.01. The molecule has 264 valence electrons. The first-order valence-electron chi connectivity index (χ1n) is 16.7. The van der Waals surface area contributed by atoms with Crippen molar-refractivity contribution in [3.8, 4) is 0 Å². The quantitative estimate of drug-likeness (QED) is 0.176. The smallest absolute Gasteiger partial charge is 0.410 e. The first-order chi connectivity index (χ1) is 24.2. The minimum atomic E-state index is -1.22. The number of nitrogens with zero attached hydrogens (tertiary/aromatic N) is 6. The number of amides is 1. The topological polar surface area (TPSA) is 106 Å². The second kappa shape index (κ2) is 16.5. The summed E-state index contributed by atoms with van der Waals surface area (Å²) in [5.41, 5.74) is 3.45. The Kier molecular flexibility index (Phi) is 11.7. The highest BCUT2D eigenvalue weighted by atomic mass is 35.5. The number of piperidine rings is 1. The number of halogens is 2. The van der Waals surface area contributed by atoms with Gasteiger partial charge in [0.1, 0.15) is 28.4 Å². The van der Waals surface area contributed by atoms with Crippen LogP contribution in [0.2, 0.25) is 5.02 Å². The Bertz CT molecular complexity index is 1790. The minimum Gasteiger partial charge on any atom is -0.445 e. The molecule has 4 aromatic rings. The molecule has 1 aromatic heterocycles. The molecular formula is C36H42ClFN8O3S. The van der Waals surface area contributed by atoms with E-state index in [1.165, 1.54) is 12.3 Å². The van der Waals surface area contributed by atoms with Crippen LogP contribution in [-0.4, -0.2) is 89.2 Å². The number of carbonyl (C=O) groups excluding carboxylic acids is 1. The highest BCUT2D eigenvalue weighted by molar-refractivity contribution is 7.85. The number of aromatic nitrogens is 2. The molecule has 14 heteroatoms. The lowest BCUT2D eigenvalue weighted by molar-refractivity contribution is 0.0767. The van der Waals surface area contributed by atoms with Crippen LogP contribution in [0.1, 0.15) is 18.4 Å². The number of rotatable bonds is 11. The standard InChI is InChI=1S/C36H42ClFN8O3S/c1-43(50(2)48)33-11-7-6-10-31(33)41-34-29(37)23-39-35(42-34)40-28-12-13-32(30(38)22-28)45-20-18-44(19-21-45)24-26-14-16-46(17-15-26)36(47)49-25-27-8-4-3-5-9-27/h3-13,22-23,26H,14-21,24-25H2,1-2H3,(H2,39,40,41,42). The Labute approximate surface area is 300 Å². The molecule has 2 saturated heterocycles. The number of likely N-dealkylation sites (tertiary alicyclic amines) is 1. The summed E-state index contributed by atoms with van der Waals surface area (Å²) in [5, 5.41) is 6.59. The molecule has 0 saturated carbocycles. The van der Waals surface area contributed by atoms with E-state index in [0.717, 1.165) is 56.8 Å². The van der Waals surface area contributed by atoms with E-state index in [9.17, 15) is 9.00 Å². The monoisotopic (exact) mass is 720 g/mol. The maximum atomic E-state index is 15.4. The van der Waals surface area contributed by atoms with Gasteiger partial charge in [-0.25, -0.2) is 18.4 Å². The molecule has 11 nitrogen and oxygen atoms in total. The average Bonchev–Trinajstić information content (AvgIpc) is 3.13. The van der Waals surface area contributed by atoms with E-state index < -0.39 is 11.0 Å². The van der Waals surface area contributed by atoms with Crippen molar-refractivity contribution in [1.29, 1.82) is 0 Å². The Hall–Kier alpha value is -4.46. The van der Waals surface area contributed by atoms with Crippen molar-refractivity contribution in [3.05, 3.63) is 95.4 Å². The maximum absolute atomic E-state index is 15.4. The summed E-state index contributed by atoms with van der Waals surface area (Å²) in [5.74, 6) is 0.795. The molecule has 6 rings (SSSR count). The SMILES string of the molecule is CN(c1ccccc1Nc1nc(Nc2ccc(N3CCN(CC4CCN(C(=O)OCc5ccccc5)CC4)CC3)c(F)c2)ncc1Cl)S(C)=O. The summed E-state index contributed by atoms with van der Waals surface area (Å²) >= 11 is 6.41. The van der Waals surface area contributed by atoms with E-state index in [4.69, 9.17) is 16.3 Å². The summed E-state index contributed by atoms with van der Waals surface area (Å²) in [6, 6.07) is 22.2. The van der Waals surface area contributed by atoms with E-state index in [1.807, 2.05) is 65.6 Å². The molecule has 0 radical (unpaired) electrons. The molecule has 1 amide bonds. The molecule has 2 aliphatic rings. The molecule has 1 unspecified atom stereocenters. The fourth-order valence-corrected chi connectivity index (χ4v) is 6.82. The number of anilines is 6. The van der Waals surface area contributed by atoms with Crippen LogP contribution in [0.5, 0.6) is 0 Å². The van der Waals surface area contributed by atoms with Crippen LogP contribution in [0.15, 0.2) is 79.0 Å². The van der Waals surface area contributed by atoms with Crippen LogP contribution in [0.4, 0.5) is 43.7 Å². The number of benzene rings is 3. The zero-order chi connectivity index (χ0) is 35.0. The Morgan fingerprint density at radius 2 is 1.72 bits per heavy atom. The van der Waals surface area contributed by atoms with E-state index in [-0.39, 0.29) is 17.9 Å². The molecular weight excluding hydrogens is 679 g/mol. The maximum Gasteiger partial charge on any atom is 0.410 e. The second-order valence-electron chi connectivity index (χ2n) is 12.5. The largest absolute Gasteiger partial charge is 0.445 e. The molecule has 0 bridgehead atoms. The third-order valence-electron chi connectivity index (χ3n) is 9.14. The van der Waals surface area contributed by atoms with Crippen molar-refractivity contribution in [1.82, 2.24) is 19.8 Å². The van der Waals surface area contributed by atoms with Crippen molar-refractivity contribution in [2.45, 2.75) is 19.4 Å². The van der Waals surface area contributed by atoms with Crippen LogP contribution in [0.3, 0.4) is 0 Å². The summed E-state index contributed by atoms with van der Waals surface area (Å²) in [6.07, 6.45) is 4.72. The lowest BCUT2D eigenvalue weighted by Crippen LogP contribution is -2.49. The second-order valence-corrected chi connectivity index (χ2v) is 14.3. The first-order valence-corrected chi connectivity index (χ1v) is 18.6. The van der Waals surface area contributed by atoms with Crippen LogP contribution >= 0.6 is 11.6 Å². The molecule has 3 heterocycles. The van der Waals surface area contributed by atoms with Gasteiger partial charge in [0.25, 0.3) is 0 Å². The van der Waals surface area contributed by atoms with Gasteiger partial charge in [0.15, 0.2) is 5.82 Å². The number of piperazine rings is 1. The number of nitrogens with one attached hydrogen (secondary N) is 2. The molecule has 2 fully saturated rings. The van der Waals surface area contributed by atoms with Crippen LogP contribution in [0.25, 0.3) is 0 Å². The molecule has 0 spiro atoms. The highest BCUT2D eigenvalue weighted by Crippen LogP contribution is 2.32. The van der Waals surface area contributed by atoms with Crippen molar-refractivity contribution < 1.29 is 18.1 Å². The normalized spacial score (nSPS) is 16.2. The summed E-state index contributed by atoms with van der Waals surface area (Å²) in [4.78, 5) is 27.7. The zero-order valence-electron chi connectivity index (χ0n) is 28.2. The first kappa shape index (κ1) is 35.4. The Morgan fingerprint density at radius 3 is 2.44 bits per heavy atom. The number of carbonyl (C=O) groups is 1. The summed E-state index contributed by atoms with van der Waals surface area (Å²) in [6.45, 7) is 5.83. The highest BCUT2D eigenvalue weighted by Gasteiger charge is 2.27. The molecule has 1 atom stereocenters. The van der Waals surface area contributed by atoms with Crippen LogP contribution < -0.4 is 19.8 Å². The van der Waals surface area contributed by atoms with Gasteiger partial charge in [-0.2, -0.15) is 4.98 Å². The fourth-order valence-electron chi connectivity index (χ4n) is 6.25. The molecule has 2 aliphatic heterocycles. The average molecular weight is 721 g/mol. The lowest BCUT2D eigenvalue weighted by atomic mass is 9.96. The van der Waals surface area contributed by atoms with E-state index in [0.29, 0.717) is 53.5 Å². The van der Waals surface area contributed by atoms with Gasteiger partial charge in [-0.3, -0.25) is 9.21 Å². The number of para-hydroxylation sites is 2. The fraction of sp³-hybridized carbons (Fsp3) is 0.361. The van der Waals surface area contributed by atoms with Crippen molar-refractivity contribution >= 4 is 63.2 Å². The van der Waals surface area contributed by atoms with Gasteiger partial charge in [-0.15, -0.1) is 0 Å². The molecule has 50 heavy (non-hydrogen) atoms. The van der Waals surface area contributed by atoms with E-state index in [2.05, 4.69) is 30.4 Å². The number of hydrogen-bond acceptors (Lipinski definition) is 9. The van der Waals surface area contributed by atoms with Gasteiger partial charge < -0.3 is 25.2 Å². The molecule has 2 N–H and O–H groups in total. The molecule has 0 aliphatic carbocycles. The lowest BCUT2D eigenvalue weighted by Gasteiger charge is -2.39. The van der Waals surface area contributed by atoms with E-state index in [1.54, 1.807) is 23.7 Å². The van der Waals surface area contributed by atoms with Gasteiger partial charge in [0.05, 0.1) is 23.3 Å².